The van der Waals surface area contributed by atoms with Crippen molar-refractivity contribution in [1.29, 1.82) is 0 Å². The van der Waals surface area contributed by atoms with Crippen molar-refractivity contribution >= 4 is 34.0 Å². The third kappa shape index (κ3) is 4.82. The molecule has 0 aliphatic carbocycles. The highest BCUT2D eigenvalue weighted by Crippen LogP contribution is 2.41. The maximum absolute atomic E-state index is 6.19. The molecule has 0 spiro atoms. The molecule has 0 aliphatic heterocycles. The van der Waals surface area contributed by atoms with Gasteiger partial charge in [0.2, 0.25) is 5.88 Å². The van der Waals surface area contributed by atoms with E-state index in [1.54, 1.807) is 25.6 Å². The van der Waals surface area contributed by atoms with Crippen LogP contribution in [0.15, 0.2) is 70.3 Å². The van der Waals surface area contributed by atoms with Crippen LogP contribution >= 0.6 is 23.1 Å². The topological polar surface area (TPSA) is 82.1 Å². The first-order chi connectivity index (χ1) is 14.2. The van der Waals surface area contributed by atoms with Crippen LogP contribution in [0.25, 0.3) is 0 Å². The highest BCUT2D eigenvalue weighted by Gasteiger charge is 2.17. The molecule has 0 unspecified atom stereocenters. The van der Waals surface area contributed by atoms with Crippen molar-refractivity contribution in [2.45, 2.75) is 17.0 Å². The van der Waals surface area contributed by atoms with E-state index in [9.17, 15) is 0 Å². The number of hydrogen-bond acceptors (Lipinski definition) is 9. The Morgan fingerprint density at radius 3 is 2.59 bits per heavy atom. The first kappa shape index (κ1) is 19.2. The highest BCUT2D eigenvalue weighted by molar-refractivity contribution is 7.99. The highest BCUT2D eigenvalue weighted by atomic mass is 32.2. The molecule has 0 atom stereocenters. The number of aryl methyl sites for hydroxylation is 1. The van der Waals surface area contributed by atoms with Crippen molar-refractivity contribution < 1.29 is 9.47 Å². The van der Waals surface area contributed by atoms with Crippen LogP contribution < -0.4 is 14.8 Å². The standard InChI is InChI=1S/C20H17N5O2S2/c1-13-12-28-20(23-13)25-18-17(27-14-6-4-3-5-7-14)15(8-10-21-18)29-19-22-11-9-16(24-19)26-2/h3-12H,1-2H3,(H,21,23,25). The van der Waals surface area contributed by atoms with Crippen molar-refractivity contribution in [3.8, 4) is 17.4 Å². The van der Waals surface area contributed by atoms with Gasteiger partial charge in [0.15, 0.2) is 21.9 Å². The summed E-state index contributed by atoms with van der Waals surface area (Å²) in [6, 6.07) is 13.1. The Bertz CT molecular complexity index is 1100. The summed E-state index contributed by atoms with van der Waals surface area (Å²) in [5.41, 5.74) is 0.943. The van der Waals surface area contributed by atoms with Crippen LogP contribution in [0, 0.1) is 6.92 Å². The van der Waals surface area contributed by atoms with Gasteiger partial charge in [0.1, 0.15) is 5.75 Å². The first-order valence-electron chi connectivity index (χ1n) is 8.67. The van der Waals surface area contributed by atoms with Crippen LogP contribution in [0.5, 0.6) is 17.4 Å². The Balaban J connectivity index is 1.71. The Kier molecular flexibility index (Phi) is 5.87. The molecule has 146 valence electrons. The summed E-state index contributed by atoms with van der Waals surface area (Å²) in [6.07, 6.45) is 3.37. The van der Waals surface area contributed by atoms with Gasteiger partial charge in [-0.2, -0.15) is 4.98 Å². The van der Waals surface area contributed by atoms with Crippen LogP contribution in [-0.4, -0.2) is 27.0 Å². The number of ether oxygens (including phenoxy) is 2. The summed E-state index contributed by atoms with van der Waals surface area (Å²) >= 11 is 2.88. The Morgan fingerprint density at radius 2 is 1.83 bits per heavy atom. The van der Waals surface area contributed by atoms with Gasteiger partial charge in [0.05, 0.1) is 17.7 Å². The second-order valence-electron chi connectivity index (χ2n) is 5.80. The number of thiazole rings is 1. The maximum Gasteiger partial charge on any atom is 0.217 e. The van der Waals surface area contributed by atoms with Crippen LogP contribution in [-0.2, 0) is 0 Å². The van der Waals surface area contributed by atoms with Gasteiger partial charge in [0.25, 0.3) is 0 Å². The van der Waals surface area contributed by atoms with E-state index in [-0.39, 0.29) is 0 Å². The molecule has 0 saturated carbocycles. The SMILES string of the molecule is COc1ccnc(Sc2ccnc(Nc3nc(C)cs3)c2Oc2ccccc2)n1. The van der Waals surface area contributed by atoms with Gasteiger partial charge in [0, 0.05) is 23.8 Å². The second kappa shape index (κ2) is 8.89. The molecule has 4 rings (SSSR count). The Morgan fingerprint density at radius 1 is 1.00 bits per heavy atom. The normalized spacial score (nSPS) is 10.6. The molecule has 0 amide bonds. The van der Waals surface area contributed by atoms with E-state index in [1.165, 1.54) is 23.1 Å². The van der Waals surface area contributed by atoms with E-state index in [0.29, 0.717) is 28.4 Å². The number of methoxy groups -OCH3 is 1. The molecular formula is C20H17N5O2S2. The molecule has 0 aliphatic rings. The fourth-order valence-electron chi connectivity index (χ4n) is 2.40. The van der Waals surface area contributed by atoms with Gasteiger partial charge in [-0.15, -0.1) is 11.3 Å². The number of rotatable bonds is 7. The molecule has 4 aromatic rings. The molecule has 29 heavy (non-hydrogen) atoms. The zero-order valence-corrected chi connectivity index (χ0v) is 17.3. The van der Waals surface area contributed by atoms with Crippen LogP contribution in [0.1, 0.15) is 5.69 Å². The number of anilines is 2. The van der Waals surface area contributed by atoms with Gasteiger partial charge < -0.3 is 14.8 Å². The lowest BCUT2D eigenvalue weighted by Crippen LogP contribution is -1.99. The molecular weight excluding hydrogens is 406 g/mol. The zero-order valence-electron chi connectivity index (χ0n) is 15.7. The Labute approximate surface area is 176 Å². The predicted octanol–water partition coefficient (Wildman–Crippen LogP) is 5.33. The summed E-state index contributed by atoms with van der Waals surface area (Å²) in [7, 11) is 1.57. The minimum atomic E-state index is 0.499. The van der Waals surface area contributed by atoms with Gasteiger partial charge in [-0.05, 0) is 36.9 Å². The van der Waals surface area contributed by atoms with E-state index in [1.807, 2.05) is 48.7 Å². The molecule has 3 heterocycles. The summed E-state index contributed by atoms with van der Waals surface area (Å²) in [5, 5.41) is 6.52. The van der Waals surface area contributed by atoms with Crippen molar-refractivity contribution in [2.75, 3.05) is 12.4 Å². The lowest BCUT2D eigenvalue weighted by Gasteiger charge is -2.14. The third-order valence-electron chi connectivity index (χ3n) is 3.69. The molecule has 7 nitrogen and oxygen atoms in total. The molecule has 0 bridgehead atoms. The van der Waals surface area contributed by atoms with Crippen molar-refractivity contribution in [3.63, 3.8) is 0 Å². The number of nitrogens with zero attached hydrogens (tertiary/aromatic N) is 4. The molecule has 0 saturated heterocycles. The lowest BCUT2D eigenvalue weighted by atomic mass is 10.3. The van der Waals surface area contributed by atoms with Crippen LogP contribution in [0.4, 0.5) is 10.9 Å². The fraction of sp³-hybridized carbons (Fsp3) is 0.100. The van der Waals surface area contributed by atoms with Crippen molar-refractivity contribution in [2.24, 2.45) is 0 Å². The van der Waals surface area contributed by atoms with E-state index >= 15 is 0 Å². The monoisotopic (exact) mass is 423 g/mol. The number of pyridine rings is 1. The number of benzene rings is 1. The van der Waals surface area contributed by atoms with Crippen molar-refractivity contribution in [1.82, 2.24) is 19.9 Å². The third-order valence-corrected chi connectivity index (χ3v) is 5.49. The molecule has 3 aromatic heterocycles. The summed E-state index contributed by atoms with van der Waals surface area (Å²) in [4.78, 5) is 18.4. The van der Waals surface area contributed by atoms with Gasteiger partial charge in [-0.1, -0.05) is 18.2 Å². The molecule has 9 heteroatoms. The smallest absolute Gasteiger partial charge is 0.217 e. The summed E-state index contributed by atoms with van der Waals surface area (Å²) in [6.45, 7) is 1.95. The van der Waals surface area contributed by atoms with E-state index in [4.69, 9.17) is 9.47 Å². The predicted molar refractivity (Wildman–Crippen MR) is 114 cm³/mol. The van der Waals surface area contributed by atoms with Crippen LogP contribution in [0.3, 0.4) is 0 Å². The minimum Gasteiger partial charge on any atom is -0.481 e. The maximum atomic E-state index is 6.19. The molecule has 1 N–H and O–H groups in total. The fourth-order valence-corrected chi connectivity index (χ4v) is 3.90. The largest absolute Gasteiger partial charge is 0.481 e. The van der Waals surface area contributed by atoms with Gasteiger partial charge in [-0.3, -0.25) is 0 Å². The zero-order chi connectivity index (χ0) is 20.1. The van der Waals surface area contributed by atoms with E-state index in [0.717, 1.165) is 15.7 Å². The number of para-hydroxylation sites is 1. The minimum absolute atomic E-state index is 0.499. The van der Waals surface area contributed by atoms with Crippen molar-refractivity contribution in [3.05, 3.63) is 65.9 Å². The number of nitrogens with one attached hydrogen (secondary N) is 1. The number of hydrogen-bond donors (Lipinski definition) is 1. The summed E-state index contributed by atoms with van der Waals surface area (Å²) in [5.74, 6) is 2.34. The first-order valence-corrected chi connectivity index (χ1v) is 10.4. The average Bonchev–Trinajstić information content (AvgIpc) is 3.16. The van der Waals surface area contributed by atoms with Gasteiger partial charge >= 0.3 is 0 Å². The Hall–Kier alpha value is -3.17. The molecule has 1 aromatic carbocycles. The van der Waals surface area contributed by atoms with Gasteiger partial charge in [-0.25, -0.2) is 15.0 Å². The van der Waals surface area contributed by atoms with Crippen LogP contribution in [0.2, 0.25) is 0 Å². The van der Waals surface area contributed by atoms with E-state index in [2.05, 4.69) is 25.3 Å². The lowest BCUT2D eigenvalue weighted by molar-refractivity contribution is 0.392. The average molecular weight is 424 g/mol. The summed E-state index contributed by atoms with van der Waals surface area (Å²) < 4.78 is 11.4. The molecule has 0 radical (unpaired) electrons. The molecule has 0 fully saturated rings. The van der Waals surface area contributed by atoms with E-state index < -0.39 is 0 Å². The number of aromatic nitrogens is 4. The quantitative estimate of drug-likeness (QED) is 0.399. The second-order valence-corrected chi connectivity index (χ2v) is 7.67.